The minimum Gasteiger partial charge on any atom is -0.463 e. The average Bonchev–Trinajstić information content (AvgIpc) is 2.60. The highest BCUT2D eigenvalue weighted by Crippen LogP contribution is 2.16. The molecular formula is C20H24ClN3O5. The van der Waals surface area contributed by atoms with Crippen LogP contribution in [0.5, 0.6) is 0 Å². The molecule has 0 aliphatic rings. The lowest BCUT2D eigenvalue weighted by Crippen LogP contribution is -2.49. The summed E-state index contributed by atoms with van der Waals surface area (Å²) < 4.78 is 10.6. The molecule has 0 spiro atoms. The number of nitrogens with one attached hydrogen (secondary N) is 2. The van der Waals surface area contributed by atoms with Crippen LogP contribution in [0.3, 0.4) is 0 Å². The molecule has 0 aliphatic heterocycles. The zero-order valence-corrected chi connectivity index (χ0v) is 17.7. The molecule has 1 aromatic heterocycles. The Bertz CT molecular complexity index is 992. The van der Waals surface area contributed by atoms with Crippen molar-refractivity contribution in [1.82, 2.24) is 10.7 Å². The summed E-state index contributed by atoms with van der Waals surface area (Å²) in [5, 5.41) is 7.04. The van der Waals surface area contributed by atoms with Crippen LogP contribution in [0.25, 0.3) is 11.0 Å². The Labute approximate surface area is 173 Å². The van der Waals surface area contributed by atoms with Crippen LogP contribution >= 0.6 is 11.6 Å². The maximum absolute atomic E-state index is 12.5. The van der Waals surface area contributed by atoms with E-state index in [0.717, 1.165) is 0 Å². The lowest BCUT2D eigenvalue weighted by Gasteiger charge is -2.24. The van der Waals surface area contributed by atoms with Gasteiger partial charge >= 0.3 is 6.09 Å². The molecule has 0 bridgehead atoms. The highest BCUT2D eigenvalue weighted by molar-refractivity contribution is 6.31. The van der Waals surface area contributed by atoms with Gasteiger partial charge in [-0.2, -0.15) is 5.10 Å². The van der Waals surface area contributed by atoms with Gasteiger partial charge in [0.15, 0.2) is 0 Å². The Morgan fingerprint density at radius 2 is 1.97 bits per heavy atom. The molecule has 8 nitrogen and oxygen atoms in total. The van der Waals surface area contributed by atoms with E-state index in [4.69, 9.17) is 20.8 Å². The maximum Gasteiger partial charge on any atom is 0.408 e. The van der Waals surface area contributed by atoms with Crippen molar-refractivity contribution in [3.63, 3.8) is 0 Å². The normalized spacial score (nSPS) is 12.9. The van der Waals surface area contributed by atoms with E-state index in [-0.39, 0.29) is 16.9 Å². The van der Waals surface area contributed by atoms with Crippen LogP contribution in [0, 0.1) is 5.92 Å². The summed E-state index contributed by atoms with van der Waals surface area (Å²) in [5.74, 6) is -0.763. The van der Waals surface area contributed by atoms with E-state index in [2.05, 4.69) is 15.8 Å². The largest absolute Gasteiger partial charge is 0.463 e. The molecule has 29 heavy (non-hydrogen) atoms. The standard InChI is InChI=1S/C20H24ClN3O5/c1-11(2)16(23-19(27)29-20(3,4)5)18(26)24-22-9-12-10-28-15-7-6-13(21)8-14(15)17(12)25/h6-11,16H,1-5H3,(H,23,27)(H,24,26). The lowest BCUT2D eigenvalue weighted by atomic mass is 10.0. The van der Waals surface area contributed by atoms with Crippen molar-refractivity contribution in [1.29, 1.82) is 0 Å². The van der Waals surface area contributed by atoms with Gasteiger partial charge < -0.3 is 14.5 Å². The Morgan fingerprint density at radius 1 is 1.28 bits per heavy atom. The maximum atomic E-state index is 12.5. The highest BCUT2D eigenvalue weighted by atomic mass is 35.5. The molecule has 156 valence electrons. The molecule has 0 radical (unpaired) electrons. The number of hydrogen-bond donors (Lipinski definition) is 2. The fraction of sp³-hybridized carbons (Fsp3) is 0.400. The summed E-state index contributed by atoms with van der Waals surface area (Å²) in [6, 6.07) is 3.84. The number of carbonyl (C=O) groups excluding carboxylic acids is 2. The second-order valence-corrected chi connectivity index (χ2v) is 8.20. The smallest absolute Gasteiger partial charge is 0.408 e. The van der Waals surface area contributed by atoms with E-state index in [1.165, 1.54) is 18.5 Å². The van der Waals surface area contributed by atoms with E-state index in [9.17, 15) is 14.4 Å². The van der Waals surface area contributed by atoms with E-state index in [0.29, 0.717) is 16.0 Å². The number of ether oxygens (including phenoxy) is 1. The van der Waals surface area contributed by atoms with Gasteiger partial charge in [0.05, 0.1) is 17.2 Å². The SMILES string of the molecule is CC(C)C(NC(=O)OC(C)(C)C)C(=O)NN=Cc1coc2ccc(Cl)cc2c1=O. The molecule has 2 aromatic rings. The molecule has 1 atom stereocenters. The van der Waals surface area contributed by atoms with Gasteiger partial charge in [0.2, 0.25) is 5.43 Å². The molecular weight excluding hydrogens is 398 g/mol. The molecule has 0 saturated heterocycles. The predicted molar refractivity (Wildman–Crippen MR) is 111 cm³/mol. The second kappa shape index (κ2) is 9.09. The molecule has 0 fully saturated rings. The van der Waals surface area contributed by atoms with Gasteiger partial charge in [-0.3, -0.25) is 9.59 Å². The van der Waals surface area contributed by atoms with Gasteiger partial charge in [-0.25, -0.2) is 10.2 Å². The van der Waals surface area contributed by atoms with Crippen LogP contribution in [0.15, 0.2) is 38.8 Å². The number of hydrogen-bond acceptors (Lipinski definition) is 6. The lowest BCUT2D eigenvalue weighted by molar-refractivity contribution is -0.124. The predicted octanol–water partition coefficient (Wildman–Crippen LogP) is 3.45. The molecule has 0 aliphatic carbocycles. The van der Waals surface area contributed by atoms with E-state index < -0.39 is 23.6 Å². The van der Waals surface area contributed by atoms with Crippen molar-refractivity contribution in [3.05, 3.63) is 45.3 Å². The van der Waals surface area contributed by atoms with Crippen molar-refractivity contribution in [3.8, 4) is 0 Å². The van der Waals surface area contributed by atoms with Crippen molar-refractivity contribution < 1.29 is 18.7 Å². The molecule has 1 unspecified atom stereocenters. The minimum atomic E-state index is -0.867. The van der Waals surface area contributed by atoms with E-state index in [1.54, 1.807) is 46.8 Å². The first kappa shape index (κ1) is 22.4. The van der Waals surface area contributed by atoms with E-state index >= 15 is 0 Å². The van der Waals surface area contributed by atoms with Gasteiger partial charge in [0.25, 0.3) is 5.91 Å². The number of hydrazone groups is 1. The topological polar surface area (TPSA) is 110 Å². The fourth-order valence-corrected chi connectivity index (χ4v) is 2.58. The number of alkyl carbamates (subject to hydrolysis) is 1. The molecule has 1 aromatic carbocycles. The van der Waals surface area contributed by atoms with Gasteiger partial charge in [-0.05, 0) is 44.9 Å². The van der Waals surface area contributed by atoms with Gasteiger partial charge in [-0.1, -0.05) is 25.4 Å². The minimum absolute atomic E-state index is 0.140. The molecule has 0 saturated carbocycles. The van der Waals surface area contributed by atoms with Crippen molar-refractivity contribution in [2.45, 2.75) is 46.3 Å². The zero-order valence-electron chi connectivity index (χ0n) is 16.9. The molecule has 2 N–H and O–H groups in total. The van der Waals surface area contributed by atoms with Crippen molar-refractivity contribution >= 4 is 40.8 Å². The van der Waals surface area contributed by atoms with Gasteiger partial charge in [-0.15, -0.1) is 0 Å². The summed E-state index contributed by atoms with van der Waals surface area (Å²) in [6.45, 7) is 8.72. The Hall–Kier alpha value is -2.87. The van der Waals surface area contributed by atoms with Crippen LogP contribution in [-0.4, -0.2) is 29.9 Å². The Morgan fingerprint density at radius 3 is 2.59 bits per heavy atom. The molecule has 9 heteroatoms. The highest BCUT2D eigenvalue weighted by Gasteiger charge is 2.26. The first-order valence-corrected chi connectivity index (χ1v) is 9.39. The third-order valence-corrected chi connectivity index (χ3v) is 4.00. The summed E-state index contributed by atoms with van der Waals surface area (Å²) >= 11 is 5.92. The number of carbonyl (C=O) groups is 2. The summed E-state index contributed by atoms with van der Waals surface area (Å²) in [7, 11) is 0. The van der Waals surface area contributed by atoms with Crippen LogP contribution in [-0.2, 0) is 9.53 Å². The van der Waals surface area contributed by atoms with Crippen molar-refractivity contribution in [2.75, 3.05) is 0 Å². The summed E-state index contributed by atoms with van der Waals surface area (Å²) in [5.41, 5.74) is 1.83. The van der Waals surface area contributed by atoms with Gasteiger partial charge in [0.1, 0.15) is 23.5 Å². The molecule has 2 amide bonds. The van der Waals surface area contributed by atoms with Crippen molar-refractivity contribution in [2.24, 2.45) is 11.0 Å². The third-order valence-electron chi connectivity index (χ3n) is 3.76. The number of benzene rings is 1. The van der Waals surface area contributed by atoms with Crippen LogP contribution in [0.1, 0.15) is 40.2 Å². The quantitative estimate of drug-likeness (QED) is 0.567. The van der Waals surface area contributed by atoms with E-state index in [1.807, 2.05) is 0 Å². The number of rotatable bonds is 5. The first-order chi connectivity index (χ1) is 13.5. The Balaban J connectivity index is 2.10. The summed E-state index contributed by atoms with van der Waals surface area (Å²) in [6.07, 6.45) is 1.71. The van der Waals surface area contributed by atoms with Gasteiger partial charge in [0, 0.05) is 5.02 Å². The number of nitrogens with zero attached hydrogens (tertiary/aromatic N) is 1. The summed E-state index contributed by atoms with van der Waals surface area (Å²) in [4.78, 5) is 36.8. The van der Waals surface area contributed by atoms with Crippen LogP contribution < -0.4 is 16.2 Å². The average molecular weight is 422 g/mol. The molecule has 1 heterocycles. The Kier molecular flexibility index (Phi) is 7.02. The third kappa shape index (κ3) is 6.32. The monoisotopic (exact) mass is 421 g/mol. The number of fused-ring (bicyclic) bond motifs is 1. The second-order valence-electron chi connectivity index (χ2n) is 7.76. The first-order valence-electron chi connectivity index (χ1n) is 9.01. The number of amides is 2. The fourth-order valence-electron chi connectivity index (χ4n) is 2.41. The van der Waals surface area contributed by atoms with Crippen LogP contribution in [0.4, 0.5) is 4.79 Å². The number of halogens is 1. The molecule has 2 rings (SSSR count). The zero-order chi connectivity index (χ0) is 21.8. The van der Waals surface area contributed by atoms with Crippen LogP contribution in [0.2, 0.25) is 5.02 Å².